The molecule has 0 aromatic heterocycles. The Balaban J connectivity index is 2.55. The second-order valence-corrected chi connectivity index (χ2v) is 4.62. The van der Waals surface area contributed by atoms with Crippen LogP contribution in [0.5, 0.6) is 0 Å². The number of hydrogen-bond donors (Lipinski definition) is 2. The predicted molar refractivity (Wildman–Crippen MR) is 75.5 cm³/mol. The lowest BCUT2D eigenvalue weighted by Crippen LogP contribution is -2.45. The molecule has 0 bridgehead atoms. The highest BCUT2D eigenvalue weighted by Crippen LogP contribution is 2.32. The van der Waals surface area contributed by atoms with Gasteiger partial charge in [-0.3, -0.25) is 10.1 Å². The van der Waals surface area contributed by atoms with Gasteiger partial charge in [0.15, 0.2) is 0 Å². The number of benzene rings is 2. The van der Waals surface area contributed by atoms with Crippen LogP contribution in [-0.2, 0) is 10.2 Å². The summed E-state index contributed by atoms with van der Waals surface area (Å²) in [6.45, 7) is 1.72. The first-order valence-electron chi connectivity index (χ1n) is 6.20. The molecule has 2 amide bonds. The number of imide groups is 1. The van der Waals surface area contributed by atoms with Crippen molar-refractivity contribution in [1.82, 2.24) is 5.32 Å². The molecule has 2 rings (SSSR count). The minimum absolute atomic E-state index is 0.567. The molecule has 0 radical (unpaired) electrons. The first kappa shape index (κ1) is 13.8. The quantitative estimate of drug-likeness (QED) is 0.900. The zero-order valence-corrected chi connectivity index (χ0v) is 11.0. The molecule has 102 valence electrons. The Bertz CT molecular complexity index is 569. The largest absolute Gasteiger partial charge is 0.465 e. The normalized spacial score (nSPS) is 10.8. The fraction of sp³-hybridized carbons (Fsp3) is 0.125. The highest BCUT2D eigenvalue weighted by Gasteiger charge is 2.37. The molecule has 4 heteroatoms. The van der Waals surface area contributed by atoms with Crippen molar-refractivity contribution in [3.63, 3.8) is 0 Å². The molecular weight excluding hydrogens is 254 g/mol. The standard InChI is InChI=1S/C16H15NO3/c1-16(14(18)17-15(19)20,12-8-4-2-5-9-12)13-10-6-3-7-11-13/h2-11H,1H3,(H,17,18)(H,19,20). The first-order valence-corrected chi connectivity index (χ1v) is 6.20. The Morgan fingerprint density at radius 2 is 1.30 bits per heavy atom. The van der Waals surface area contributed by atoms with Crippen LogP contribution in [0, 0.1) is 0 Å². The minimum Gasteiger partial charge on any atom is -0.465 e. The van der Waals surface area contributed by atoms with E-state index in [2.05, 4.69) is 0 Å². The third-order valence-corrected chi connectivity index (χ3v) is 3.38. The maximum absolute atomic E-state index is 12.4. The minimum atomic E-state index is -1.35. The lowest BCUT2D eigenvalue weighted by atomic mass is 9.75. The highest BCUT2D eigenvalue weighted by molar-refractivity contribution is 6.00. The SMILES string of the molecule is CC(C(=O)NC(=O)O)(c1ccccc1)c1ccccc1. The molecule has 0 atom stereocenters. The molecule has 0 aliphatic carbocycles. The van der Waals surface area contributed by atoms with E-state index in [-0.39, 0.29) is 0 Å². The van der Waals surface area contributed by atoms with Crippen LogP contribution in [0.3, 0.4) is 0 Å². The smallest absolute Gasteiger partial charge is 0.411 e. The van der Waals surface area contributed by atoms with Crippen molar-refractivity contribution in [1.29, 1.82) is 0 Å². The van der Waals surface area contributed by atoms with Crippen molar-refractivity contribution >= 4 is 12.0 Å². The van der Waals surface area contributed by atoms with Gasteiger partial charge in [-0.05, 0) is 18.1 Å². The molecule has 0 aliphatic rings. The number of amides is 2. The summed E-state index contributed by atoms with van der Waals surface area (Å²) in [6.07, 6.45) is -1.35. The summed E-state index contributed by atoms with van der Waals surface area (Å²) in [5.74, 6) is -0.567. The third-order valence-electron chi connectivity index (χ3n) is 3.38. The van der Waals surface area contributed by atoms with Crippen molar-refractivity contribution in [3.05, 3.63) is 71.8 Å². The Hall–Kier alpha value is -2.62. The van der Waals surface area contributed by atoms with Crippen LogP contribution < -0.4 is 5.32 Å². The van der Waals surface area contributed by atoms with Crippen molar-refractivity contribution < 1.29 is 14.7 Å². The lowest BCUT2D eigenvalue weighted by molar-refractivity contribution is -0.124. The fourth-order valence-electron chi connectivity index (χ4n) is 2.19. The van der Waals surface area contributed by atoms with Crippen LogP contribution >= 0.6 is 0 Å². The van der Waals surface area contributed by atoms with Gasteiger partial charge in [-0.15, -0.1) is 0 Å². The predicted octanol–water partition coefficient (Wildman–Crippen LogP) is 2.79. The van der Waals surface area contributed by atoms with Crippen LogP contribution in [0.4, 0.5) is 4.79 Å². The van der Waals surface area contributed by atoms with E-state index in [0.29, 0.717) is 0 Å². The summed E-state index contributed by atoms with van der Waals surface area (Å²) in [7, 11) is 0. The summed E-state index contributed by atoms with van der Waals surface area (Å²) in [5, 5.41) is 10.8. The Morgan fingerprint density at radius 3 is 1.65 bits per heavy atom. The van der Waals surface area contributed by atoms with Gasteiger partial charge < -0.3 is 5.11 Å². The van der Waals surface area contributed by atoms with E-state index < -0.39 is 17.4 Å². The van der Waals surface area contributed by atoms with Crippen LogP contribution in [0.1, 0.15) is 18.1 Å². The average Bonchev–Trinajstić information content (AvgIpc) is 2.47. The van der Waals surface area contributed by atoms with Crippen LogP contribution in [0.25, 0.3) is 0 Å². The first-order chi connectivity index (χ1) is 9.55. The van der Waals surface area contributed by atoms with Gasteiger partial charge in [0, 0.05) is 0 Å². The van der Waals surface area contributed by atoms with E-state index in [0.717, 1.165) is 11.1 Å². The molecule has 0 spiro atoms. The molecule has 0 fully saturated rings. The van der Waals surface area contributed by atoms with E-state index >= 15 is 0 Å². The molecule has 0 saturated heterocycles. The van der Waals surface area contributed by atoms with E-state index in [1.54, 1.807) is 6.92 Å². The molecule has 2 aromatic carbocycles. The van der Waals surface area contributed by atoms with E-state index in [1.165, 1.54) is 0 Å². The van der Waals surface area contributed by atoms with Crippen molar-refractivity contribution in [2.45, 2.75) is 12.3 Å². The fourth-order valence-corrected chi connectivity index (χ4v) is 2.19. The Labute approximate surface area is 117 Å². The number of hydrogen-bond acceptors (Lipinski definition) is 2. The van der Waals surface area contributed by atoms with Gasteiger partial charge in [0.05, 0.1) is 5.41 Å². The molecule has 2 aromatic rings. The molecule has 0 heterocycles. The number of carbonyl (C=O) groups excluding carboxylic acids is 1. The maximum Gasteiger partial charge on any atom is 0.411 e. The van der Waals surface area contributed by atoms with Crippen LogP contribution in [0.2, 0.25) is 0 Å². The third kappa shape index (κ3) is 2.54. The van der Waals surface area contributed by atoms with Gasteiger partial charge in [0.2, 0.25) is 5.91 Å². The van der Waals surface area contributed by atoms with Crippen LogP contribution in [-0.4, -0.2) is 17.1 Å². The lowest BCUT2D eigenvalue weighted by Gasteiger charge is -2.28. The number of rotatable bonds is 3. The highest BCUT2D eigenvalue weighted by atomic mass is 16.4. The monoisotopic (exact) mass is 269 g/mol. The van der Waals surface area contributed by atoms with Crippen molar-refractivity contribution in [2.24, 2.45) is 0 Å². The maximum atomic E-state index is 12.4. The van der Waals surface area contributed by atoms with Gasteiger partial charge in [-0.2, -0.15) is 0 Å². The summed E-state index contributed by atoms with van der Waals surface area (Å²) in [5.41, 5.74) is 0.427. The Morgan fingerprint density at radius 1 is 0.900 bits per heavy atom. The number of carbonyl (C=O) groups is 2. The van der Waals surface area contributed by atoms with Gasteiger partial charge >= 0.3 is 6.09 Å². The van der Waals surface area contributed by atoms with Gasteiger partial charge in [0.25, 0.3) is 0 Å². The van der Waals surface area contributed by atoms with E-state index in [9.17, 15) is 9.59 Å². The summed E-state index contributed by atoms with van der Waals surface area (Å²) < 4.78 is 0. The zero-order valence-electron chi connectivity index (χ0n) is 11.0. The van der Waals surface area contributed by atoms with Gasteiger partial charge in [-0.25, -0.2) is 4.79 Å². The molecular formula is C16H15NO3. The number of carboxylic acid groups (broad SMARTS) is 1. The zero-order chi connectivity index (χ0) is 14.6. The second-order valence-electron chi connectivity index (χ2n) is 4.62. The summed E-state index contributed by atoms with van der Waals surface area (Å²) >= 11 is 0. The second kappa shape index (κ2) is 5.57. The number of nitrogens with one attached hydrogen (secondary N) is 1. The molecule has 4 nitrogen and oxygen atoms in total. The van der Waals surface area contributed by atoms with Crippen molar-refractivity contribution in [2.75, 3.05) is 0 Å². The molecule has 2 N–H and O–H groups in total. The summed E-state index contributed by atoms with van der Waals surface area (Å²) in [6, 6.07) is 18.3. The summed E-state index contributed by atoms with van der Waals surface area (Å²) in [4.78, 5) is 23.2. The van der Waals surface area contributed by atoms with Crippen LogP contribution in [0.15, 0.2) is 60.7 Å². The van der Waals surface area contributed by atoms with Gasteiger partial charge in [-0.1, -0.05) is 60.7 Å². The molecule has 0 aliphatic heterocycles. The van der Waals surface area contributed by atoms with Crippen molar-refractivity contribution in [3.8, 4) is 0 Å². The van der Waals surface area contributed by atoms with Gasteiger partial charge in [0.1, 0.15) is 0 Å². The molecule has 0 unspecified atom stereocenters. The van der Waals surface area contributed by atoms with E-state index in [4.69, 9.17) is 5.11 Å². The average molecular weight is 269 g/mol. The molecule has 20 heavy (non-hydrogen) atoms. The Kier molecular flexibility index (Phi) is 3.84. The topological polar surface area (TPSA) is 66.4 Å². The molecule has 0 saturated carbocycles. The van der Waals surface area contributed by atoms with E-state index in [1.807, 2.05) is 66.0 Å².